The van der Waals surface area contributed by atoms with Crippen molar-refractivity contribution in [2.45, 2.75) is 25.7 Å². The van der Waals surface area contributed by atoms with E-state index >= 15 is 0 Å². The van der Waals surface area contributed by atoms with E-state index in [4.69, 9.17) is 0 Å². The number of nitrogens with one attached hydrogen (secondary N) is 1. The van der Waals surface area contributed by atoms with Gasteiger partial charge in [0.15, 0.2) is 0 Å². The molecule has 1 aliphatic rings. The molecule has 0 aromatic carbocycles. The van der Waals surface area contributed by atoms with Gasteiger partial charge in [-0.1, -0.05) is 11.3 Å². The van der Waals surface area contributed by atoms with E-state index in [0.29, 0.717) is 13.0 Å². The molecule has 0 radical (unpaired) electrons. The van der Waals surface area contributed by atoms with Gasteiger partial charge in [0.05, 0.1) is 0 Å². The number of carbonyl (C=O) groups is 1. The summed E-state index contributed by atoms with van der Waals surface area (Å²) in [6, 6.07) is 0. The van der Waals surface area contributed by atoms with Crippen molar-refractivity contribution in [2.24, 2.45) is 0 Å². The van der Waals surface area contributed by atoms with E-state index in [2.05, 4.69) is 15.5 Å². The van der Waals surface area contributed by atoms with Crippen LogP contribution < -0.4 is 5.32 Å². The smallest absolute Gasteiger partial charge is 0.224 e. The van der Waals surface area contributed by atoms with Crippen molar-refractivity contribution in [2.75, 3.05) is 25.0 Å². The van der Waals surface area contributed by atoms with Crippen LogP contribution in [0.25, 0.3) is 0 Å². The van der Waals surface area contributed by atoms with Crippen LogP contribution in [0, 0.1) is 0 Å². The number of nitrogens with zero attached hydrogens (tertiary/aromatic N) is 3. The minimum Gasteiger partial charge on any atom is -0.360 e. The highest BCUT2D eigenvalue weighted by Crippen LogP contribution is 2.11. The summed E-state index contributed by atoms with van der Waals surface area (Å²) in [6.07, 6.45) is 4.09. The van der Waals surface area contributed by atoms with Gasteiger partial charge in [-0.25, -0.2) is 0 Å². The Bertz CT molecular complexity index is 322. The van der Waals surface area contributed by atoms with Crippen LogP contribution in [-0.2, 0) is 4.79 Å². The number of carbonyl (C=O) groups excluding carboxylic acids is 1. The molecule has 1 saturated heterocycles. The molecule has 1 amide bonds. The maximum Gasteiger partial charge on any atom is 0.224 e. The summed E-state index contributed by atoms with van der Waals surface area (Å²) < 4.78 is 0. The normalized spacial score (nSPS) is 16.1. The summed E-state index contributed by atoms with van der Waals surface area (Å²) in [5.74, 6) is 0.247. The number of hydrogen-bond donors (Lipinski definition) is 1. The van der Waals surface area contributed by atoms with Crippen LogP contribution in [0.2, 0.25) is 0 Å². The lowest BCUT2D eigenvalue weighted by Gasteiger charge is -2.26. The van der Waals surface area contributed by atoms with Gasteiger partial charge in [-0.05, 0) is 19.3 Å². The monoisotopic (exact) mass is 240 g/mol. The lowest BCUT2D eigenvalue weighted by molar-refractivity contribution is -0.131. The minimum absolute atomic E-state index is 0.247. The zero-order chi connectivity index (χ0) is 11.2. The molecule has 1 fully saturated rings. The Balaban J connectivity index is 1.67. The van der Waals surface area contributed by atoms with E-state index in [-0.39, 0.29) is 5.91 Å². The summed E-state index contributed by atoms with van der Waals surface area (Å²) in [7, 11) is 0. The van der Waals surface area contributed by atoms with Crippen LogP contribution in [0.5, 0.6) is 0 Å². The highest BCUT2D eigenvalue weighted by Gasteiger charge is 2.15. The van der Waals surface area contributed by atoms with Crippen molar-refractivity contribution >= 4 is 22.4 Å². The number of hydrogen-bond acceptors (Lipinski definition) is 5. The number of aromatic nitrogens is 2. The number of rotatable bonds is 4. The molecule has 2 heterocycles. The molecule has 88 valence electrons. The first-order valence-electron chi connectivity index (χ1n) is 5.64. The van der Waals surface area contributed by atoms with Crippen LogP contribution >= 0.6 is 11.3 Å². The third-order valence-electron chi connectivity index (χ3n) is 2.68. The Morgan fingerprint density at radius 3 is 2.94 bits per heavy atom. The second-order valence-corrected chi connectivity index (χ2v) is 4.70. The third-order valence-corrected chi connectivity index (χ3v) is 3.33. The Kier molecular flexibility index (Phi) is 4.10. The van der Waals surface area contributed by atoms with Crippen molar-refractivity contribution in [1.82, 2.24) is 15.1 Å². The van der Waals surface area contributed by atoms with Gasteiger partial charge in [0.1, 0.15) is 5.51 Å². The Hall–Kier alpha value is -1.17. The van der Waals surface area contributed by atoms with Crippen LogP contribution in [0.4, 0.5) is 5.13 Å². The molecule has 1 aromatic rings. The number of likely N-dealkylation sites (tertiary alicyclic amines) is 1. The third kappa shape index (κ3) is 3.16. The first-order valence-corrected chi connectivity index (χ1v) is 6.52. The topological polar surface area (TPSA) is 58.1 Å². The highest BCUT2D eigenvalue weighted by atomic mass is 32.1. The van der Waals surface area contributed by atoms with E-state index in [1.807, 2.05) is 4.90 Å². The second kappa shape index (κ2) is 5.79. The predicted octanol–water partition coefficient (Wildman–Crippen LogP) is 1.35. The zero-order valence-corrected chi connectivity index (χ0v) is 10.0. The molecule has 0 bridgehead atoms. The molecular weight excluding hydrogens is 224 g/mol. The summed E-state index contributed by atoms with van der Waals surface area (Å²) >= 11 is 1.45. The molecule has 0 atom stereocenters. The molecule has 0 unspecified atom stereocenters. The molecule has 1 N–H and O–H groups in total. The number of amides is 1. The standard InChI is InChI=1S/C10H16N4OS/c15-9(14-6-2-1-3-7-14)4-5-11-10-13-12-8-16-10/h8H,1-7H2,(H,11,13). The number of anilines is 1. The molecule has 6 heteroatoms. The molecule has 1 aliphatic heterocycles. The average Bonchev–Trinajstić information content (AvgIpc) is 2.83. The maximum atomic E-state index is 11.8. The first kappa shape index (κ1) is 11.3. The fourth-order valence-corrected chi connectivity index (χ4v) is 2.30. The lowest BCUT2D eigenvalue weighted by atomic mass is 10.1. The maximum absolute atomic E-state index is 11.8. The quantitative estimate of drug-likeness (QED) is 0.863. The van der Waals surface area contributed by atoms with Crippen molar-refractivity contribution < 1.29 is 4.79 Å². The van der Waals surface area contributed by atoms with E-state index in [9.17, 15) is 4.79 Å². The Morgan fingerprint density at radius 1 is 1.44 bits per heavy atom. The summed E-state index contributed by atoms with van der Waals surface area (Å²) in [4.78, 5) is 13.7. The SMILES string of the molecule is O=C(CCNc1nncs1)N1CCCCC1. The van der Waals surface area contributed by atoms with Crippen molar-refractivity contribution in [1.29, 1.82) is 0 Å². The van der Waals surface area contributed by atoms with Gasteiger partial charge in [0, 0.05) is 26.1 Å². The fourth-order valence-electron chi connectivity index (χ4n) is 1.83. The van der Waals surface area contributed by atoms with Gasteiger partial charge in [-0.3, -0.25) is 4.79 Å². The number of piperidine rings is 1. The van der Waals surface area contributed by atoms with Gasteiger partial charge in [0.25, 0.3) is 0 Å². The summed E-state index contributed by atoms with van der Waals surface area (Å²) in [5, 5.41) is 11.5. The van der Waals surface area contributed by atoms with Crippen LogP contribution in [0.1, 0.15) is 25.7 Å². The van der Waals surface area contributed by atoms with Gasteiger partial charge in [-0.2, -0.15) is 0 Å². The summed E-state index contributed by atoms with van der Waals surface area (Å²) in [5.41, 5.74) is 1.68. The van der Waals surface area contributed by atoms with E-state index in [1.54, 1.807) is 5.51 Å². The Morgan fingerprint density at radius 2 is 2.25 bits per heavy atom. The molecule has 0 saturated carbocycles. The molecule has 5 nitrogen and oxygen atoms in total. The molecule has 1 aromatic heterocycles. The van der Waals surface area contributed by atoms with Gasteiger partial charge >= 0.3 is 0 Å². The van der Waals surface area contributed by atoms with Crippen LogP contribution in [0.3, 0.4) is 0 Å². The highest BCUT2D eigenvalue weighted by molar-refractivity contribution is 7.13. The zero-order valence-electron chi connectivity index (χ0n) is 9.19. The first-order chi connectivity index (χ1) is 7.86. The van der Waals surface area contributed by atoms with E-state index in [1.165, 1.54) is 17.8 Å². The van der Waals surface area contributed by atoms with Crippen molar-refractivity contribution in [3.05, 3.63) is 5.51 Å². The average molecular weight is 240 g/mol. The molecular formula is C10H16N4OS. The van der Waals surface area contributed by atoms with Gasteiger partial charge < -0.3 is 10.2 Å². The van der Waals surface area contributed by atoms with Gasteiger partial charge in [0.2, 0.25) is 11.0 Å². The van der Waals surface area contributed by atoms with Crippen molar-refractivity contribution in [3.63, 3.8) is 0 Å². The van der Waals surface area contributed by atoms with E-state index < -0.39 is 0 Å². The molecule has 0 spiro atoms. The van der Waals surface area contributed by atoms with Crippen LogP contribution in [-0.4, -0.2) is 40.6 Å². The second-order valence-electron chi connectivity index (χ2n) is 3.86. The Labute approximate surface area is 98.9 Å². The summed E-state index contributed by atoms with van der Waals surface area (Å²) in [6.45, 7) is 2.50. The molecule has 16 heavy (non-hydrogen) atoms. The minimum atomic E-state index is 0.247. The van der Waals surface area contributed by atoms with Crippen LogP contribution in [0.15, 0.2) is 5.51 Å². The predicted molar refractivity (Wildman–Crippen MR) is 63.4 cm³/mol. The lowest BCUT2D eigenvalue weighted by Crippen LogP contribution is -2.36. The molecule has 2 rings (SSSR count). The van der Waals surface area contributed by atoms with Gasteiger partial charge in [-0.15, -0.1) is 10.2 Å². The fraction of sp³-hybridized carbons (Fsp3) is 0.700. The molecule has 0 aliphatic carbocycles. The van der Waals surface area contributed by atoms with E-state index in [0.717, 1.165) is 31.1 Å². The van der Waals surface area contributed by atoms with Crippen molar-refractivity contribution in [3.8, 4) is 0 Å². The largest absolute Gasteiger partial charge is 0.360 e.